The normalized spacial score (nSPS) is 11.2. The van der Waals surface area contributed by atoms with Gasteiger partial charge in [0.1, 0.15) is 0 Å². The lowest BCUT2D eigenvalue weighted by Crippen LogP contribution is -1.99. The standard InChI is InChI=1S/C14H12O4/c1-2-6-16-14-12-10(5-7-17-12)8-9-3-4-11(15)18-13(9)14/h3-5,7-8H,2,6H2,1H3. The molecular formula is C14H12O4. The molecule has 0 saturated carbocycles. The summed E-state index contributed by atoms with van der Waals surface area (Å²) >= 11 is 0. The Bertz CT molecular complexity index is 751. The van der Waals surface area contributed by atoms with Gasteiger partial charge < -0.3 is 13.6 Å². The summed E-state index contributed by atoms with van der Waals surface area (Å²) < 4.78 is 16.3. The van der Waals surface area contributed by atoms with E-state index < -0.39 is 5.63 Å². The maximum absolute atomic E-state index is 11.3. The molecule has 4 heteroatoms. The van der Waals surface area contributed by atoms with E-state index in [1.165, 1.54) is 6.07 Å². The highest BCUT2D eigenvalue weighted by atomic mass is 16.5. The molecule has 18 heavy (non-hydrogen) atoms. The van der Waals surface area contributed by atoms with E-state index in [1.807, 2.05) is 19.1 Å². The molecule has 0 radical (unpaired) electrons. The first kappa shape index (κ1) is 10.9. The van der Waals surface area contributed by atoms with Crippen molar-refractivity contribution >= 4 is 21.9 Å². The average Bonchev–Trinajstić information content (AvgIpc) is 2.82. The predicted octanol–water partition coefficient (Wildman–Crippen LogP) is 3.33. The largest absolute Gasteiger partial charge is 0.486 e. The molecule has 1 aromatic carbocycles. The van der Waals surface area contributed by atoms with Crippen LogP contribution in [0.5, 0.6) is 5.75 Å². The molecule has 0 bridgehead atoms. The van der Waals surface area contributed by atoms with Crippen LogP contribution in [0, 0.1) is 0 Å². The Balaban J connectivity index is 2.36. The highest BCUT2D eigenvalue weighted by Crippen LogP contribution is 2.34. The molecule has 0 amide bonds. The number of benzene rings is 1. The van der Waals surface area contributed by atoms with E-state index in [1.54, 1.807) is 12.3 Å². The van der Waals surface area contributed by atoms with Crippen molar-refractivity contribution in [2.24, 2.45) is 0 Å². The summed E-state index contributed by atoms with van der Waals surface area (Å²) in [5.41, 5.74) is 0.665. The third-order valence-corrected chi connectivity index (χ3v) is 2.73. The number of furan rings is 1. The van der Waals surface area contributed by atoms with Crippen LogP contribution in [0.2, 0.25) is 0 Å². The van der Waals surface area contributed by atoms with Crippen LogP contribution < -0.4 is 10.4 Å². The summed E-state index contributed by atoms with van der Waals surface area (Å²) in [5, 5.41) is 1.76. The molecule has 0 fully saturated rings. The summed E-state index contributed by atoms with van der Waals surface area (Å²) in [7, 11) is 0. The summed E-state index contributed by atoms with van der Waals surface area (Å²) in [6.07, 6.45) is 2.47. The lowest BCUT2D eigenvalue weighted by molar-refractivity contribution is 0.314. The molecule has 0 aliphatic rings. The molecule has 3 rings (SSSR count). The average molecular weight is 244 g/mol. The zero-order valence-corrected chi connectivity index (χ0v) is 9.93. The fraction of sp³-hybridized carbons (Fsp3) is 0.214. The fourth-order valence-electron chi connectivity index (χ4n) is 1.94. The monoisotopic (exact) mass is 244 g/mol. The van der Waals surface area contributed by atoms with Crippen LogP contribution in [0.4, 0.5) is 0 Å². The van der Waals surface area contributed by atoms with E-state index in [0.29, 0.717) is 23.5 Å². The summed E-state index contributed by atoms with van der Waals surface area (Å²) in [6.45, 7) is 2.56. The van der Waals surface area contributed by atoms with Crippen LogP contribution in [0.3, 0.4) is 0 Å². The van der Waals surface area contributed by atoms with Gasteiger partial charge in [0.2, 0.25) is 5.75 Å². The smallest absolute Gasteiger partial charge is 0.336 e. The van der Waals surface area contributed by atoms with Gasteiger partial charge in [-0.15, -0.1) is 0 Å². The van der Waals surface area contributed by atoms with Crippen LogP contribution in [-0.2, 0) is 0 Å². The van der Waals surface area contributed by atoms with E-state index in [9.17, 15) is 4.79 Å². The van der Waals surface area contributed by atoms with Crippen molar-refractivity contribution in [3.05, 3.63) is 40.9 Å². The number of fused-ring (bicyclic) bond motifs is 2. The maximum atomic E-state index is 11.3. The lowest BCUT2D eigenvalue weighted by Gasteiger charge is -2.07. The molecule has 0 N–H and O–H groups in total. The van der Waals surface area contributed by atoms with Gasteiger partial charge in [-0.3, -0.25) is 0 Å². The van der Waals surface area contributed by atoms with Crippen LogP contribution in [0.1, 0.15) is 13.3 Å². The van der Waals surface area contributed by atoms with Gasteiger partial charge in [-0.1, -0.05) is 6.92 Å². The summed E-state index contributed by atoms with van der Waals surface area (Å²) in [4.78, 5) is 11.3. The van der Waals surface area contributed by atoms with Gasteiger partial charge in [0, 0.05) is 16.8 Å². The molecule has 4 nitrogen and oxygen atoms in total. The molecule has 2 heterocycles. The van der Waals surface area contributed by atoms with Gasteiger partial charge in [-0.2, -0.15) is 0 Å². The molecule has 0 atom stereocenters. The van der Waals surface area contributed by atoms with Crippen molar-refractivity contribution in [2.45, 2.75) is 13.3 Å². The van der Waals surface area contributed by atoms with Crippen LogP contribution >= 0.6 is 0 Å². The van der Waals surface area contributed by atoms with Crippen molar-refractivity contribution in [2.75, 3.05) is 6.61 Å². The molecule has 0 spiro atoms. The quantitative estimate of drug-likeness (QED) is 0.663. The summed E-state index contributed by atoms with van der Waals surface area (Å²) in [6, 6.07) is 6.90. The van der Waals surface area contributed by atoms with E-state index >= 15 is 0 Å². The Morgan fingerprint density at radius 3 is 2.83 bits per heavy atom. The van der Waals surface area contributed by atoms with Crippen molar-refractivity contribution in [1.29, 1.82) is 0 Å². The van der Waals surface area contributed by atoms with Crippen molar-refractivity contribution in [3.8, 4) is 5.75 Å². The topological polar surface area (TPSA) is 52.6 Å². The molecule has 3 aromatic rings. The molecule has 0 saturated heterocycles. The van der Waals surface area contributed by atoms with Crippen molar-refractivity contribution < 1.29 is 13.6 Å². The number of rotatable bonds is 3. The molecule has 0 aliphatic carbocycles. The first-order valence-corrected chi connectivity index (χ1v) is 5.86. The number of hydrogen-bond acceptors (Lipinski definition) is 4. The van der Waals surface area contributed by atoms with Crippen LogP contribution in [0.15, 0.2) is 44.2 Å². The van der Waals surface area contributed by atoms with E-state index in [0.717, 1.165) is 17.2 Å². The van der Waals surface area contributed by atoms with Gasteiger partial charge >= 0.3 is 5.63 Å². The lowest BCUT2D eigenvalue weighted by atomic mass is 10.1. The Morgan fingerprint density at radius 1 is 1.17 bits per heavy atom. The van der Waals surface area contributed by atoms with Crippen molar-refractivity contribution in [3.63, 3.8) is 0 Å². The Kier molecular flexibility index (Phi) is 2.55. The SMILES string of the molecule is CCCOc1c2occc2cc2ccc(=O)oc12. The second kappa shape index (κ2) is 4.22. The zero-order valence-electron chi connectivity index (χ0n) is 9.93. The molecule has 2 aromatic heterocycles. The minimum Gasteiger partial charge on any atom is -0.486 e. The van der Waals surface area contributed by atoms with Gasteiger partial charge in [0.05, 0.1) is 12.9 Å². The third-order valence-electron chi connectivity index (χ3n) is 2.73. The Labute approximate surface area is 103 Å². The van der Waals surface area contributed by atoms with E-state index in [4.69, 9.17) is 13.6 Å². The second-order valence-corrected chi connectivity index (χ2v) is 4.07. The van der Waals surface area contributed by atoms with Gasteiger partial charge in [-0.05, 0) is 24.6 Å². The minimum atomic E-state index is -0.394. The highest BCUT2D eigenvalue weighted by Gasteiger charge is 2.14. The Morgan fingerprint density at radius 2 is 2.00 bits per heavy atom. The fourth-order valence-corrected chi connectivity index (χ4v) is 1.94. The zero-order chi connectivity index (χ0) is 12.5. The predicted molar refractivity (Wildman–Crippen MR) is 68.0 cm³/mol. The van der Waals surface area contributed by atoms with E-state index in [2.05, 4.69) is 0 Å². The molecule has 0 aliphatic heterocycles. The highest BCUT2D eigenvalue weighted by molar-refractivity contribution is 5.99. The first-order valence-electron chi connectivity index (χ1n) is 5.86. The molecular weight excluding hydrogens is 232 g/mol. The first-order chi connectivity index (χ1) is 8.79. The van der Waals surface area contributed by atoms with Crippen LogP contribution in [-0.4, -0.2) is 6.61 Å². The van der Waals surface area contributed by atoms with Crippen molar-refractivity contribution in [1.82, 2.24) is 0 Å². The van der Waals surface area contributed by atoms with Gasteiger partial charge in [0.15, 0.2) is 11.2 Å². The van der Waals surface area contributed by atoms with Crippen LogP contribution in [0.25, 0.3) is 21.9 Å². The van der Waals surface area contributed by atoms with E-state index in [-0.39, 0.29) is 0 Å². The number of hydrogen-bond donors (Lipinski definition) is 0. The third kappa shape index (κ3) is 1.66. The number of ether oxygens (including phenoxy) is 1. The van der Waals surface area contributed by atoms with Gasteiger partial charge in [-0.25, -0.2) is 4.79 Å². The maximum Gasteiger partial charge on any atom is 0.336 e. The Hall–Kier alpha value is -2.23. The molecule has 92 valence electrons. The summed E-state index contributed by atoms with van der Waals surface area (Å²) in [5.74, 6) is 0.507. The van der Waals surface area contributed by atoms with Gasteiger partial charge in [0.25, 0.3) is 0 Å². The second-order valence-electron chi connectivity index (χ2n) is 4.07. The molecule has 0 unspecified atom stereocenters. The minimum absolute atomic E-state index is 0.394.